The summed E-state index contributed by atoms with van der Waals surface area (Å²) in [7, 11) is -2.38. The minimum Gasteiger partial charge on any atom is -0.389 e. The number of benzene rings is 3. The third kappa shape index (κ3) is 4.92. The topological polar surface area (TPSA) is 35.2 Å². The molecule has 3 rings (SSSR count). The van der Waals surface area contributed by atoms with Crippen LogP contribution in [0.15, 0.2) is 72.8 Å². The molecule has 2 atom stereocenters. The average Bonchev–Trinajstić information content (AvgIpc) is 2.75. The van der Waals surface area contributed by atoms with E-state index >= 15 is 0 Å². The Balaban J connectivity index is 2.19. The van der Waals surface area contributed by atoms with Gasteiger partial charge in [0.1, 0.15) is 5.72 Å². The molecule has 6 heteroatoms. The van der Waals surface area contributed by atoms with Gasteiger partial charge in [0.25, 0.3) is 0 Å². The smallest absolute Gasteiger partial charge is 0.242 e. The molecule has 0 bridgehead atoms. The number of hydrogen-bond acceptors (Lipinski definition) is 2. The van der Waals surface area contributed by atoms with E-state index < -0.39 is 32.2 Å². The van der Waals surface area contributed by atoms with Crippen LogP contribution in [0, 0.1) is 28.8 Å². The Hall–Kier alpha value is -2.41. The maximum absolute atomic E-state index is 14.2. The van der Waals surface area contributed by atoms with Crippen LogP contribution >= 0.6 is 0 Å². The van der Waals surface area contributed by atoms with E-state index in [0.717, 1.165) is 22.5 Å². The van der Waals surface area contributed by atoms with Crippen LogP contribution in [0.1, 0.15) is 33.3 Å². The van der Waals surface area contributed by atoms with Crippen molar-refractivity contribution < 1.29 is 17.6 Å². The van der Waals surface area contributed by atoms with Crippen LogP contribution in [-0.4, -0.2) is 9.04 Å². The molecule has 0 saturated heterocycles. The molecule has 3 aromatic carbocycles. The molecule has 0 unspecified atom stereocenters. The fourth-order valence-electron chi connectivity index (χ4n) is 3.62. The lowest BCUT2D eigenvalue weighted by molar-refractivity contribution is -0.0319. The van der Waals surface area contributed by atoms with Crippen molar-refractivity contribution in [3.63, 3.8) is 0 Å². The molecule has 0 spiro atoms. The number of rotatable bonds is 6. The first-order chi connectivity index (χ1) is 14.5. The predicted molar refractivity (Wildman–Crippen MR) is 121 cm³/mol. The van der Waals surface area contributed by atoms with Gasteiger partial charge in [-0.25, -0.2) is 13.2 Å². The maximum Gasteiger partial charge on any atom is 0.242 e. The van der Waals surface area contributed by atoms with Gasteiger partial charge in [0, 0.05) is 11.5 Å². The fraction of sp³-hybridized carbons (Fsp3) is 0.280. The first-order valence-electron chi connectivity index (χ1n) is 10.3. The summed E-state index contributed by atoms with van der Waals surface area (Å²) in [5, 5.41) is 1.96. The molecule has 31 heavy (non-hydrogen) atoms. The quantitative estimate of drug-likeness (QED) is 0.347. The molecule has 0 heterocycles. The third-order valence-corrected chi connectivity index (χ3v) is 8.50. The van der Waals surface area contributed by atoms with Gasteiger partial charge in [-0.05, 0) is 27.9 Å². The van der Waals surface area contributed by atoms with Gasteiger partial charge in [0.2, 0.25) is 9.04 Å². The molecule has 0 radical (unpaired) electrons. The first kappa shape index (κ1) is 23.3. The summed E-state index contributed by atoms with van der Waals surface area (Å²) in [6.07, 6.45) is 0. The standard InChI is InChI=1S/C25H28F3NOSi/c1-17(24(2,3)4)25(29,18-15-21(26)23(28)22(27)16-18)30-31(19-11-7-5-8-12-19)20-13-9-6-10-14-20/h5-17,31H,29H2,1-4H3/t17-,25-/m1/s1. The van der Waals surface area contributed by atoms with E-state index in [0.29, 0.717) is 0 Å². The molecule has 2 nitrogen and oxygen atoms in total. The van der Waals surface area contributed by atoms with Crippen LogP contribution in [0.25, 0.3) is 0 Å². The van der Waals surface area contributed by atoms with Gasteiger partial charge in [-0.1, -0.05) is 88.4 Å². The highest BCUT2D eigenvalue weighted by atomic mass is 28.3. The molecule has 0 amide bonds. The molecule has 0 aliphatic heterocycles. The van der Waals surface area contributed by atoms with Crippen LogP contribution in [0.4, 0.5) is 13.2 Å². The molecule has 3 aromatic rings. The second kappa shape index (κ2) is 8.98. The van der Waals surface area contributed by atoms with E-state index in [9.17, 15) is 13.2 Å². The van der Waals surface area contributed by atoms with Crippen molar-refractivity contribution in [1.29, 1.82) is 0 Å². The van der Waals surface area contributed by atoms with Crippen LogP contribution in [0.2, 0.25) is 0 Å². The van der Waals surface area contributed by atoms with Crippen LogP contribution in [-0.2, 0) is 10.2 Å². The lowest BCUT2D eigenvalue weighted by Crippen LogP contribution is -2.58. The molecule has 0 saturated carbocycles. The maximum atomic E-state index is 14.2. The van der Waals surface area contributed by atoms with Gasteiger partial charge in [-0.3, -0.25) is 0 Å². The third-order valence-electron chi connectivity index (χ3n) is 5.89. The SMILES string of the molecule is C[C@H](C(C)(C)C)[C@@](N)(O[SiH](c1ccccc1)c1ccccc1)c1cc(F)c(F)c(F)c1. The summed E-state index contributed by atoms with van der Waals surface area (Å²) in [5.41, 5.74) is 5.04. The molecular weight excluding hydrogens is 415 g/mol. The molecule has 0 aliphatic carbocycles. The zero-order chi connectivity index (χ0) is 22.8. The predicted octanol–water partition coefficient (Wildman–Crippen LogP) is 4.45. The minimum absolute atomic E-state index is 0.0793. The van der Waals surface area contributed by atoms with Gasteiger partial charge in [0.05, 0.1) is 0 Å². The fourth-order valence-corrected chi connectivity index (χ4v) is 6.15. The van der Waals surface area contributed by atoms with E-state index in [1.165, 1.54) is 0 Å². The summed E-state index contributed by atoms with van der Waals surface area (Å²) < 4.78 is 48.8. The Labute approximate surface area is 183 Å². The monoisotopic (exact) mass is 443 g/mol. The lowest BCUT2D eigenvalue weighted by Gasteiger charge is -2.45. The van der Waals surface area contributed by atoms with Gasteiger partial charge in [-0.2, -0.15) is 0 Å². The van der Waals surface area contributed by atoms with Crippen molar-refractivity contribution in [2.45, 2.75) is 33.4 Å². The summed E-state index contributed by atoms with van der Waals surface area (Å²) in [6.45, 7) is 7.85. The average molecular weight is 444 g/mol. The zero-order valence-electron chi connectivity index (χ0n) is 18.2. The minimum atomic E-state index is -2.38. The van der Waals surface area contributed by atoms with Crippen molar-refractivity contribution in [2.24, 2.45) is 17.1 Å². The van der Waals surface area contributed by atoms with E-state index in [1.54, 1.807) is 0 Å². The zero-order valence-corrected chi connectivity index (χ0v) is 19.4. The molecule has 0 aromatic heterocycles. The second-order valence-corrected chi connectivity index (χ2v) is 11.3. The van der Waals surface area contributed by atoms with Crippen molar-refractivity contribution in [1.82, 2.24) is 0 Å². The molecule has 2 N–H and O–H groups in total. The van der Waals surface area contributed by atoms with Gasteiger partial charge in [0.15, 0.2) is 17.5 Å². The Kier molecular flexibility index (Phi) is 6.74. The highest BCUT2D eigenvalue weighted by Gasteiger charge is 2.44. The van der Waals surface area contributed by atoms with Crippen molar-refractivity contribution in [3.8, 4) is 0 Å². The highest BCUT2D eigenvalue weighted by molar-refractivity contribution is 6.80. The first-order valence-corrected chi connectivity index (χ1v) is 11.9. The van der Waals surface area contributed by atoms with E-state index in [1.807, 2.05) is 88.4 Å². The summed E-state index contributed by atoms with van der Waals surface area (Å²) in [5.74, 6) is -4.44. The molecule has 164 valence electrons. The number of nitrogens with two attached hydrogens (primary N) is 1. The van der Waals surface area contributed by atoms with Crippen LogP contribution in [0.5, 0.6) is 0 Å². The molecule has 0 fully saturated rings. The summed E-state index contributed by atoms with van der Waals surface area (Å²) in [6, 6.07) is 21.3. The number of halogens is 3. The Morgan fingerprint density at radius 1 is 0.806 bits per heavy atom. The van der Waals surface area contributed by atoms with Gasteiger partial charge in [-0.15, -0.1) is 0 Å². The van der Waals surface area contributed by atoms with Gasteiger partial charge < -0.3 is 10.2 Å². The van der Waals surface area contributed by atoms with E-state index in [-0.39, 0.29) is 16.9 Å². The highest BCUT2D eigenvalue weighted by Crippen LogP contribution is 2.41. The Bertz CT molecular complexity index is 961. The Morgan fingerprint density at radius 2 is 1.23 bits per heavy atom. The Morgan fingerprint density at radius 3 is 1.61 bits per heavy atom. The number of hydrogen-bond donors (Lipinski definition) is 1. The van der Waals surface area contributed by atoms with Crippen LogP contribution < -0.4 is 16.1 Å². The van der Waals surface area contributed by atoms with Crippen molar-refractivity contribution in [3.05, 3.63) is 95.8 Å². The van der Waals surface area contributed by atoms with E-state index in [4.69, 9.17) is 10.2 Å². The lowest BCUT2D eigenvalue weighted by atomic mass is 9.73. The van der Waals surface area contributed by atoms with Crippen molar-refractivity contribution >= 4 is 19.4 Å². The van der Waals surface area contributed by atoms with Gasteiger partial charge >= 0.3 is 0 Å². The van der Waals surface area contributed by atoms with E-state index in [2.05, 4.69) is 0 Å². The summed E-state index contributed by atoms with van der Waals surface area (Å²) >= 11 is 0. The normalized spacial score (nSPS) is 15.0. The van der Waals surface area contributed by atoms with Crippen LogP contribution in [0.3, 0.4) is 0 Å². The molecule has 0 aliphatic rings. The molecular formula is C25H28F3NOSi. The van der Waals surface area contributed by atoms with Crippen molar-refractivity contribution in [2.75, 3.05) is 0 Å². The second-order valence-electron chi connectivity index (χ2n) is 8.95. The summed E-state index contributed by atoms with van der Waals surface area (Å²) in [4.78, 5) is 0. The largest absolute Gasteiger partial charge is 0.389 e.